The molecule has 0 bridgehead atoms. The van der Waals surface area contributed by atoms with Crippen molar-refractivity contribution in [1.29, 1.82) is 0 Å². The molecule has 0 rings (SSSR count). The molecular weight excluding hydrogens is 745 g/mol. The Morgan fingerprint density at radius 2 is 0.600 bits per heavy atom. The molecule has 0 aliphatic rings. The first-order valence-corrected chi connectivity index (χ1v) is 25.6. The molecule has 0 aliphatic carbocycles. The summed E-state index contributed by atoms with van der Waals surface area (Å²) in [5, 5.41) is 0. The molecule has 0 fully saturated rings. The highest BCUT2D eigenvalue weighted by Gasteiger charge is 2.19. The van der Waals surface area contributed by atoms with E-state index in [4.69, 9.17) is 14.2 Å². The molecule has 0 spiro atoms. The quantitative estimate of drug-likeness (QED) is 0.0263. The van der Waals surface area contributed by atoms with Crippen LogP contribution in [0.2, 0.25) is 0 Å². The van der Waals surface area contributed by atoms with Gasteiger partial charge >= 0.3 is 17.9 Å². The molecule has 0 unspecified atom stereocenters. The first-order valence-electron chi connectivity index (χ1n) is 25.6. The summed E-state index contributed by atoms with van der Waals surface area (Å²) in [6.45, 7) is 6.57. The van der Waals surface area contributed by atoms with Gasteiger partial charge in [0.15, 0.2) is 6.10 Å². The lowest BCUT2D eigenvalue weighted by Gasteiger charge is -2.18. The zero-order valence-corrected chi connectivity index (χ0v) is 39.7. The molecule has 0 aromatic heterocycles. The highest BCUT2D eigenvalue weighted by Crippen LogP contribution is 2.14. The molecule has 0 radical (unpaired) electrons. The standard InChI is InChI=1S/C54H96O6/c1-4-7-10-13-16-19-22-25-26-27-28-30-32-35-38-41-44-47-53(56)59-50-51(49-58-52(55)46-43-40-37-34-31-24-21-18-15-12-9-6-3)60-54(57)48-45-42-39-36-33-29-23-20-17-14-11-8-5-2/h16,19-20,23,25-26,28,30,51H,4-15,17-18,21-22,24,27,29,31-50H2,1-3H3/b19-16-,23-20-,26-25-,30-28-/t51-/m0/s1. The van der Waals surface area contributed by atoms with Crippen molar-refractivity contribution in [2.24, 2.45) is 0 Å². The molecule has 0 aromatic rings. The van der Waals surface area contributed by atoms with Crippen LogP contribution < -0.4 is 0 Å². The van der Waals surface area contributed by atoms with Crippen LogP contribution in [0.15, 0.2) is 48.6 Å². The van der Waals surface area contributed by atoms with Gasteiger partial charge in [0.1, 0.15) is 13.2 Å². The summed E-state index contributed by atoms with van der Waals surface area (Å²) in [5.41, 5.74) is 0. The SMILES string of the molecule is CCCCC/C=C\C/C=C\C/C=C\CCCCCCC(=O)OC[C@H](COC(=O)CCCCCCCCCCCCCC)OC(=O)CCCCCCC/C=C\CCCCCC. The summed E-state index contributed by atoms with van der Waals surface area (Å²) in [6.07, 6.45) is 58.0. The van der Waals surface area contributed by atoms with Gasteiger partial charge in [-0.15, -0.1) is 0 Å². The Labute approximate surface area is 371 Å². The number of hydrogen-bond donors (Lipinski definition) is 0. The molecule has 348 valence electrons. The molecule has 0 heterocycles. The molecule has 0 aliphatic heterocycles. The third-order valence-electron chi connectivity index (χ3n) is 11.1. The lowest BCUT2D eigenvalue weighted by Crippen LogP contribution is -2.30. The topological polar surface area (TPSA) is 78.9 Å². The molecule has 0 N–H and O–H groups in total. The van der Waals surface area contributed by atoms with Gasteiger partial charge in [-0.05, 0) is 83.5 Å². The minimum Gasteiger partial charge on any atom is -0.462 e. The molecule has 0 amide bonds. The van der Waals surface area contributed by atoms with Gasteiger partial charge in [-0.2, -0.15) is 0 Å². The predicted molar refractivity (Wildman–Crippen MR) is 256 cm³/mol. The van der Waals surface area contributed by atoms with Crippen LogP contribution in [0.5, 0.6) is 0 Å². The number of ether oxygens (including phenoxy) is 3. The van der Waals surface area contributed by atoms with Crippen LogP contribution in [0.1, 0.15) is 258 Å². The summed E-state index contributed by atoms with van der Waals surface area (Å²) >= 11 is 0. The van der Waals surface area contributed by atoms with E-state index in [9.17, 15) is 14.4 Å². The van der Waals surface area contributed by atoms with Crippen LogP contribution in [-0.4, -0.2) is 37.2 Å². The van der Waals surface area contributed by atoms with Gasteiger partial charge in [0.05, 0.1) is 0 Å². The monoisotopic (exact) mass is 841 g/mol. The Bertz CT molecular complexity index is 1060. The second-order valence-corrected chi connectivity index (χ2v) is 17.1. The van der Waals surface area contributed by atoms with Crippen molar-refractivity contribution in [3.63, 3.8) is 0 Å². The summed E-state index contributed by atoms with van der Waals surface area (Å²) < 4.78 is 16.8. The molecule has 0 saturated heterocycles. The zero-order valence-electron chi connectivity index (χ0n) is 39.7. The first kappa shape index (κ1) is 57.4. The van der Waals surface area contributed by atoms with Crippen molar-refractivity contribution in [1.82, 2.24) is 0 Å². The maximum atomic E-state index is 12.8. The second kappa shape index (κ2) is 49.0. The van der Waals surface area contributed by atoms with Gasteiger partial charge in [-0.3, -0.25) is 14.4 Å². The number of esters is 3. The van der Waals surface area contributed by atoms with Gasteiger partial charge in [0, 0.05) is 19.3 Å². The van der Waals surface area contributed by atoms with E-state index < -0.39 is 6.10 Å². The third-order valence-corrected chi connectivity index (χ3v) is 11.1. The van der Waals surface area contributed by atoms with Crippen LogP contribution in [0.25, 0.3) is 0 Å². The molecule has 6 nitrogen and oxygen atoms in total. The molecule has 6 heteroatoms. The lowest BCUT2D eigenvalue weighted by atomic mass is 10.0. The van der Waals surface area contributed by atoms with Crippen LogP contribution in [0.4, 0.5) is 0 Å². The number of rotatable bonds is 46. The number of carbonyl (C=O) groups is 3. The lowest BCUT2D eigenvalue weighted by molar-refractivity contribution is -0.167. The molecule has 60 heavy (non-hydrogen) atoms. The summed E-state index contributed by atoms with van der Waals surface area (Å²) in [4.78, 5) is 37.9. The normalized spacial score (nSPS) is 12.4. The Hall–Kier alpha value is -2.63. The van der Waals surface area contributed by atoms with Gasteiger partial charge in [-0.1, -0.05) is 204 Å². The van der Waals surface area contributed by atoms with Crippen molar-refractivity contribution >= 4 is 17.9 Å². The summed E-state index contributed by atoms with van der Waals surface area (Å²) in [5.74, 6) is -0.907. The van der Waals surface area contributed by atoms with Gasteiger partial charge in [0.2, 0.25) is 0 Å². The van der Waals surface area contributed by atoms with Crippen molar-refractivity contribution in [3.05, 3.63) is 48.6 Å². The van der Waals surface area contributed by atoms with Crippen molar-refractivity contribution in [3.8, 4) is 0 Å². The maximum absolute atomic E-state index is 12.8. The average Bonchev–Trinajstić information content (AvgIpc) is 3.24. The smallest absolute Gasteiger partial charge is 0.306 e. The fourth-order valence-corrected chi connectivity index (χ4v) is 7.15. The van der Waals surface area contributed by atoms with Gasteiger partial charge in [0.25, 0.3) is 0 Å². The number of unbranched alkanes of at least 4 members (excludes halogenated alkanes) is 27. The highest BCUT2D eigenvalue weighted by atomic mass is 16.6. The fourth-order valence-electron chi connectivity index (χ4n) is 7.15. The van der Waals surface area contributed by atoms with E-state index in [1.165, 1.54) is 122 Å². The summed E-state index contributed by atoms with van der Waals surface area (Å²) in [6, 6.07) is 0. The summed E-state index contributed by atoms with van der Waals surface area (Å²) in [7, 11) is 0. The molecule has 0 aromatic carbocycles. The number of allylic oxidation sites excluding steroid dienone is 8. The number of hydrogen-bond acceptors (Lipinski definition) is 6. The van der Waals surface area contributed by atoms with E-state index in [0.29, 0.717) is 19.3 Å². The maximum Gasteiger partial charge on any atom is 0.306 e. The van der Waals surface area contributed by atoms with Crippen LogP contribution >= 0.6 is 0 Å². The third kappa shape index (κ3) is 46.4. The van der Waals surface area contributed by atoms with Crippen LogP contribution in [-0.2, 0) is 28.6 Å². The van der Waals surface area contributed by atoms with E-state index >= 15 is 0 Å². The van der Waals surface area contributed by atoms with E-state index in [-0.39, 0.29) is 31.1 Å². The van der Waals surface area contributed by atoms with Gasteiger partial charge in [-0.25, -0.2) is 0 Å². The van der Waals surface area contributed by atoms with E-state index in [1.807, 2.05) is 0 Å². The largest absolute Gasteiger partial charge is 0.462 e. The Morgan fingerprint density at radius 3 is 1.00 bits per heavy atom. The molecule has 1 atom stereocenters. The number of carbonyl (C=O) groups excluding carboxylic acids is 3. The van der Waals surface area contributed by atoms with Crippen molar-refractivity contribution in [2.75, 3.05) is 13.2 Å². The Kier molecular flexibility index (Phi) is 46.9. The Morgan fingerprint density at radius 1 is 0.333 bits per heavy atom. The predicted octanol–water partition coefficient (Wildman–Crippen LogP) is 16.7. The molecule has 0 saturated carbocycles. The van der Waals surface area contributed by atoms with Crippen LogP contribution in [0, 0.1) is 0 Å². The van der Waals surface area contributed by atoms with E-state index in [1.54, 1.807) is 0 Å². The van der Waals surface area contributed by atoms with E-state index in [0.717, 1.165) is 96.3 Å². The fraction of sp³-hybridized carbons (Fsp3) is 0.796. The van der Waals surface area contributed by atoms with E-state index in [2.05, 4.69) is 69.4 Å². The zero-order chi connectivity index (χ0) is 43.7. The van der Waals surface area contributed by atoms with Crippen LogP contribution in [0.3, 0.4) is 0 Å². The second-order valence-electron chi connectivity index (χ2n) is 17.1. The van der Waals surface area contributed by atoms with Crippen molar-refractivity contribution in [2.45, 2.75) is 264 Å². The van der Waals surface area contributed by atoms with Crippen molar-refractivity contribution < 1.29 is 28.6 Å². The molecular formula is C54H96O6. The first-order chi connectivity index (χ1) is 29.5. The average molecular weight is 841 g/mol. The highest BCUT2D eigenvalue weighted by molar-refractivity contribution is 5.71. The Balaban J connectivity index is 4.40. The van der Waals surface area contributed by atoms with Gasteiger partial charge < -0.3 is 14.2 Å². The minimum absolute atomic E-state index is 0.0816. The minimum atomic E-state index is -0.783.